The first-order valence-electron chi connectivity index (χ1n) is 7.29. The molecule has 0 aromatic carbocycles. The number of hydrogen-bond donors (Lipinski definition) is 1. The standard InChI is InChI=1S/C15H28OS/c1-14(2)10-15(16,12-17-11-14)9-8-13-6-4-3-5-7-13/h13,16H,3-12H2,1-2H3. The van der Waals surface area contributed by atoms with Gasteiger partial charge in [0, 0.05) is 5.75 Å². The Morgan fingerprint density at radius 2 is 1.82 bits per heavy atom. The Balaban J connectivity index is 1.80. The number of rotatable bonds is 3. The molecule has 100 valence electrons. The highest BCUT2D eigenvalue weighted by molar-refractivity contribution is 7.99. The molecule has 1 saturated carbocycles. The van der Waals surface area contributed by atoms with Gasteiger partial charge in [-0.15, -0.1) is 0 Å². The molecule has 1 nitrogen and oxygen atoms in total. The van der Waals surface area contributed by atoms with Crippen LogP contribution in [-0.4, -0.2) is 22.2 Å². The molecule has 0 spiro atoms. The van der Waals surface area contributed by atoms with Gasteiger partial charge in [0.1, 0.15) is 0 Å². The minimum absolute atomic E-state index is 0.324. The van der Waals surface area contributed by atoms with Crippen molar-refractivity contribution in [2.45, 2.75) is 70.8 Å². The second-order valence-electron chi connectivity index (χ2n) is 7.10. The van der Waals surface area contributed by atoms with Gasteiger partial charge in [-0.2, -0.15) is 11.8 Å². The van der Waals surface area contributed by atoms with Crippen molar-refractivity contribution in [2.75, 3.05) is 11.5 Å². The summed E-state index contributed by atoms with van der Waals surface area (Å²) in [7, 11) is 0. The maximum Gasteiger partial charge on any atom is 0.0743 e. The summed E-state index contributed by atoms with van der Waals surface area (Å²) < 4.78 is 0. The summed E-state index contributed by atoms with van der Waals surface area (Å²) in [5.41, 5.74) is -0.0475. The van der Waals surface area contributed by atoms with Crippen molar-refractivity contribution in [2.24, 2.45) is 11.3 Å². The summed E-state index contributed by atoms with van der Waals surface area (Å²) >= 11 is 1.95. The minimum atomic E-state index is -0.371. The molecule has 0 radical (unpaired) electrons. The summed E-state index contributed by atoms with van der Waals surface area (Å²) in [6.07, 6.45) is 10.4. The van der Waals surface area contributed by atoms with E-state index in [-0.39, 0.29) is 5.60 Å². The monoisotopic (exact) mass is 256 g/mol. The molecule has 1 atom stereocenters. The molecular weight excluding hydrogens is 228 g/mol. The predicted octanol–water partition coefficient (Wildman–Crippen LogP) is 4.24. The molecule has 1 N–H and O–H groups in total. The SMILES string of the molecule is CC1(C)CSCC(O)(CCC2CCCCC2)C1. The van der Waals surface area contributed by atoms with E-state index >= 15 is 0 Å². The average Bonchev–Trinajstić information content (AvgIpc) is 2.26. The zero-order chi connectivity index (χ0) is 12.4. The first-order valence-corrected chi connectivity index (χ1v) is 8.45. The molecule has 1 heterocycles. The second kappa shape index (κ2) is 5.52. The van der Waals surface area contributed by atoms with Gasteiger partial charge in [-0.05, 0) is 36.3 Å². The van der Waals surface area contributed by atoms with E-state index < -0.39 is 0 Å². The van der Waals surface area contributed by atoms with Crippen molar-refractivity contribution in [3.63, 3.8) is 0 Å². The zero-order valence-electron chi connectivity index (χ0n) is 11.5. The van der Waals surface area contributed by atoms with Crippen LogP contribution in [0.25, 0.3) is 0 Å². The molecule has 2 heteroatoms. The van der Waals surface area contributed by atoms with Crippen molar-refractivity contribution in [3.05, 3.63) is 0 Å². The molecule has 2 rings (SSSR count). The lowest BCUT2D eigenvalue weighted by Crippen LogP contribution is -2.42. The van der Waals surface area contributed by atoms with E-state index in [9.17, 15) is 5.11 Å². The van der Waals surface area contributed by atoms with E-state index in [1.54, 1.807) is 0 Å². The van der Waals surface area contributed by atoms with Crippen molar-refractivity contribution in [3.8, 4) is 0 Å². The van der Waals surface area contributed by atoms with E-state index in [0.29, 0.717) is 5.41 Å². The van der Waals surface area contributed by atoms with Crippen LogP contribution in [0.3, 0.4) is 0 Å². The lowest BCUT2D eigenvalue weighted by molar-refractivity contribution is 0.00535. The summed E-state index contributed by atoms with van der Waals surface area (Å²) in [6, 6.07) is 0. The predicted molar refractivity (Wildman–Crippen MR) is 76.5 cm³/mol. The molecule has 17 heavy (non-hydrogen) atoms. The fraction of sp³-hybridized carbons (Fsp3) is 1.00. The Hall–Kier alpha value is 0.310. The third kappa shape index (κ3) is 4.17. The number of aliphatic hydroxyl groups is 1. The van der Waals surface area contributed by atoms with E-state index in [0.717, 1.165) is 24.5 Å². The summed E-state index contributed by atoms with van der Waals surface area (Å²) in [5, 5.41) is 10.7. The fourth-order valence-corrected chi connectivity index (χ4v) is 5.00. The summed E-state index contributed by atoms with van der Waals surface area (Å²) in [5.74, 6) is 3.07. The second-order valence-corrected chi connectivity index (χ2v) is 8.09. The van der Waals surface area contributed by atoms with Gasteiger partial charge in [-0.3, -0.25) is 0 Å². The zero-order valence-corrected chi connectivity index (χ0v) is 12.3. The van der Waals surface area contributed by atoms with Gasteiger partial charge in [0.2, 0.25) is 0 Å². The van der Waals surface area contributed by atoms with Gasteiger partial charge >= 0.3 is 0 Å². The van der Waals surface area contributed by atoms with Gasteiger partial charge < -0.3 is 5.11 Å². The van der Waals surface area contributed by atoms with Crippen LogP contribution in [0.4, 0.5) is 0 Å². The molecule has 2 aliphatic rings. The number of hydrogen-bond acceptors (Lipinski definition) is 2. The topological polar surface area (TPSA) is 20.2 Å². The highest BCUT2D eigenvalue weighted by Gasteiger charge is 2.38. The third-order valence-electron chi connectivity index (χ3n) is 4.41. The Bertz CT molecular complexity index is 245. The third-order valence-corrected chi connectivity index (χ3v) is 6.14. The molecule has 1 saturated heterocycles. The van der Waals surface area contributed by atoms with Crippen LogP contribution >= 0.6 is 11.8 Å². The van der Waals surface area contributed by atoms with E-state index in [4.69, 9.17) is 0 Å². The molecular formula is C15H28OS. The van der Waals surface area contributed by atoms with Crippen LogP contribution in [0.15, 0.2) is 0 Å². The van der Waals surface area contributed by atoms with Gasteiger partial charge in [-0.1, -0.05) is 46.0 Å². The fourth-order valence-electron chi connectivity index (χ4n) is 3.62. The van der Waals surface area contributed by atoms with Crippen molar-refractivity contribution >= 4 is 11.8 Å². The van der Waals surface area contributed by atoms with E-state index in [1.165, 1.54) is 44.3 Å². The van der Waals surface area contributed by atoms with Gasteiger partial charge in [-0.25, -0.2) is 0 Å². The van der Waals surface area contributed by atoms with Gasteiger partial charge in [0.15, 0.2) is 0 Å². The average molecular weight is 256 g/mol. The highest BCUT2D eigenvalue weighted by atomic mass is 32.2. The van der Waals surface area contributed by atoms with Crippen molar-refractivity contribution in [1.82, 2.24) is 0 Å². The van der Waals surface area contributed by atoms with Crippen molar-refractivity contribution < 1.29 is 5.11 Å². The van der Waals surface area contributed by atoms with Crippen LogP contribution in [-0.2, 0) is 0 Å². The number of thioether (sulfide) groups is 1. The molecule has 1 aliphatic carbocycles. The largest absolute Gasteiger partial charge is 0.389 e. The molecule has 0 aromatic heterocycles. The van der Waals surface area contributed by atoms with Gasteiger partial charge in [0.05, 0.1) is 5.60 Å². The van der Waals surface area contributed by atoms with Crippen LogP contribution in [0.2, 0.25) is 0 Å². The van der Waals surface area contributed by atoms with E-state index in [2.05, 4.69) is 13.8 Å². The molecule has 1 unspecified atom stereocenters. The molecule has 0 bridgehead atoms. The molecule has 2 fully saturated rings. The van der Waals surface area contributed by atoms with Crippen LogP contribution < -0.4 is 0 Å². The normalized spacial score (nSPS) is 34.8. The lowest BCUT2D eigenvalue weighted by atomic mass is 9.77. The quantitative estimate of drug-likeness (QED) is 0.815. The molecule has 0 amide bonds. The Labute approximate surface area is 111 Å². The Morgan fingerprint density at radius 1 is 1.12 bits per heavy atom. The minimum Gasteiger partial charge on any atom is -0.389 e. The summed E-state index contributed by atoms with van der Waals surface area (Å²) in [6.45, 7) is 4.59. The Morgan fingerprint density at radius 3 is 2.47 bits per heavy atom. The smallest absolute Gasteiger partial charge is 0.0743 e. The van der Waals surface area contributed by atoms with Crippen LogP contribution in [0, 0.1) is 11.3 Å². The lowest BCUT2D eigenvalue weighted by Gasteiger charge is -2.42. The van der Waals surface area contributed by atoms with Crippen molar-refractivity contribution in [1.29, 1.82) is 0 Å². The maximum atomic E-state index is 10.7. The van der Waals surface area contributed by atoms with Crippen LogP contribution in [0.1, 0.15) is 65.2 Å². The Kier molecular flexibility index (Phi) is 4.46. The highest BCUT2D eigenvalue weighted by Crippen LogP contribution is 2.42. The summed E-state index contributed by atoms with van der Waals surface area (Å²) in [4.78, 5) is 0. The molecule has 1 aliphatic heterocycles. The van der Waals surface area contributed by atoms with Crippen LogP contribution in [0.5, 0.6) is 0 Å². The molecule has 0 aromatic rings. The first-order chi connectivity index (χ1) is 7.99. The van der Waals surface area contributed by atoms with E-state index in [1.807, 2.05) is 11.8 Å². The van der Waals surface area contributed by atoms with Gasteiger partial charge in [0.25, 0.3) is 0 Å². The first kappa shape index (κ1) is 13.7. The maximum absolute atomic E-state index is 10.7.